The number of hydrogen-bond acceptors (Lipinski definition) is 5. The number of hydrogen-bond donors (Lipinski definition) is 2. The molecule has 1 aromatic heterocycles. The van der Waals surface area contributed by atoms with E-state index >= 15 is 0 Å². The molecule has 0 fully saturated rings. The Bertz CT molecular complexity index is 1070. The Balaban J connectivity index is 1.75. The maximum Gasteiger partial charge on any atom is 0.339 e. The summed E-state index contributed by atoms with van der Waals surface area (Å²) in [5, 5.41) is 12.4. The summed E-state index contributed by atoms with van der Waals surface area (Å²) in [4.78, 5) is 19.8. The molecule has 0 unspecified atom stereocenters. The second-order valence-electron chi connectivity index (χ2n) is 6.68. The third kappa shape index (κ3) is 5.75. The maximum atomic E-state index is 14.0. The van der Waals surface area contributed by atoms with E-state index < -0.39 is 17.6 Å². The molecule has 31 heavy (non-hydrogen) atoms. The van der Waals surface area contributed by atoms with Crippen LogP contribution >= 0.6 is 15.9 Å². The smallest absolute Gasteiger partial charge is 0.339 e. The molecule has 6 nitrogen and oxygen atoms in total. The van der Waals surface area contributed by atoms with E-state index in [1.165, 1.54) is 24.5 Å². The predicted octanol–water partition coefficient (Wildman–Crippen LogP) is 5.33. The van der Waals surface area contributed by atoms with Crippen LogP contribution in [0.2, 0.25) is 0 Å². The molecule has 2 aromatic carbocycles. The first-order valence-electron chi connectivity index (χ1n) is 9.59. The Kier molecular flexibility index (Phi) is 7.51. The van der Waals surface area contributed by atoms with E-state index in [9.17, 15) is 18.7 Å². The summed E-state index contributed by atoms with van der Waals surface area (Å²) in [6.45, 7) is 2.58. The number of nitrogens with one attached hydrogen (secondary N) is 1. The third-order valence-corrected chi connectivity index (χ3v) is 4.88. The van der Waals surface area contributed by atoms with E-state index in [1.807, 2.05) is 6.92 Å². The molecule has 162 valence electrons. The first-order chi connectivity index (χ1) is 14.9. The average molecular weight is 492 g/mol. The molecule has 0 aliphatic rings. The van der Waals surface area contributed by atoms with Gasteiger partial charge < -0.3 is 15.2 Å². The van der Waals surface area contributed by atoms with Gasteiger partial charge in [0.15, 0.2) is 0 Å². The van der Waals surface area contributed by atoms with Crippen molar-refractivity contribution in [2.75, 3.05) is 18.5 Å². The number of aromatic carboxylic acids is 1. The summed E-state index contributed by atoms with van der Waals surface area (Å²) < 4.78 is 33.8. The van der Waals surface area contributed by atoms with Crippen LogP contribution in [0.5, 0.6) is 5.75 Å². The number of carboxylic acids is 1. The standard InChI is InChI=1S/C22H20BrF2N3O3/c1-2-7-31-20-8-13(3-4-16(20)22(29)30)19-11-21(28-12-27-19)26-6-5-15-17(24)9-14(23)10-18(15)25/h3-4,8-12H,2,5-7H2,1H3,(H,29,30)(H,26,27,28). The van der Waals surface area contributed by atoms with Gasteiger partial charge >= 0.3 is 5.97 Å². The molecule has 3 aromatic rings. The lowest BCUT2D eigenvalue weighted by Gasteiger charge is -2.11. The summed E-state index contributed by atoms with van der Waals surface area (Å²) in [6, 6.07) is 8.85. The minimum atomic E-state index is -1.07. The molecule has 0 aliphatic carbocycles. The normalized spacial score (nSPS) is 10.7. The SMILES string of the molecule is CCCOc1cc(-c2cc(NCCc3c(F)cc(Br)cc3F)ncn2)ccc1C(=O)O. The summed E-state index contributed by atoms with van der Waals surface area (Å²) in [5.74, 6) is -1.57. The van der Waals surface area contributed by atoms with Crippen molar-refractivity contribution in [3.63, 3.8) is 0 Å². The van der Waals surface area contributed by atoms with Crippen LogP contribution in [0.15, 0.2) is 47.2 Å². The summed E-state index contributed by atoms with van der Waals surface area (Å²) >= 11 is 3.06. The molecule has 9 heteroatoms. The highest BCUT2D eigenvalue weighted by atomic mass is 79.9. The van der Waals surface area contributed by atoms with Gasteiger partial charge in [-0.15, -0.1) is 0 Å². The van der Waals surface area contributed by atoms with Crippen molar-refractivity contribution in [3.05, 3.63) is 70.0 Å². The zero-order valence-electron chi connectivity index (χ0n) is 16.7. The van der Waals surface area contributed by atoms with Gasteiger partial charge in [0.2, 0.25) is 0 Å². The number of rotatable bonds is 9. The number of carboxylic acid groups (broad SMARTS) is 1. The second-order valence-corrected chi connectivity index (χ2v) is 7.59. The van der Waals surface area contributed by atoms with Gasteiger partial charge in [0, 0.05) is 28.2 Å². The van der Waals surface area contributed by atoms with E-state index in [0.29, 0.717) is 28.2 Å². The molecule has 3 rings (SSSR count). The highest BCUT2D eigenvalue weighted by Crippen LogP contribution is 2.27. The third-order valence-electron chi connectivity index (χ3n) is 4.42. The molecular formula is C22H20BrF2N3O3. The zero-order chi connectivity index (χ0) is 22.4. The summed E-state index contributed by atoms with van der Waals surface area (Å²) in [5.41, 5.74) is 1.28. The average Bonchev–Trinajstić information content (AvgIpc) is 2.74. The molecule has 0 atom stereocenters. The first-order valence-corrected chi connectivity index (χ1v) is 10.4. The molecule has 0 saturated carbocycles. The molecule has 0 spiro atoms. The van der Waals surface area contributed by atoms with Gasteiger partial charge in [-0.1, -0.05) is 28.9 Å². The van der Waals surface area contributed by atoms with Gasteiger partial charge in [-0.25, -0.2) is 23.5 Å². The monoisotopic (exact) mass is 491 g/mol. The van der Waals surface area contributed by atoms with Crippen LogP contribution in [0.4, 0.5) is 14.6 Å². The van der Waals surface area contributed by atoms with Crippen LogP contribution in [0.3, 0.4) is 0 Å². The van der Waals surface area contributed by atoms with Crippen LogP contribution < -0.4 is 10.1 Å². The van der Waals surface area contributed by atoms with Gasteiger partial charge in [0.05, 0.1) is 12.3 Å². The highest BCUT2D eigenvalue weighted by molar-refractivity contribution is 9.10. The molecule has 0 radical (unpaired) electrons. The highest BCUT2D eigenvalue weighted by Gasteiger charge is 2.14. The molecule has 0 amide bonds. The first kappa shape index (κ1) is 22.6. The number of anilines is 1. The largest absolute Gasteiger partial charge is 0.493 e. The summed E-state index contributed by atoms with van der Waals surface area (Å²) in [7, 11) is 0. The maximum absolute atomic E-state index is 14.0. The van der Waals surface area contributed by atoms with Crippen LogP contribution in [-0.2, 0) is 6.42 Å². The molecule has 2 N–H and O–H groups in total. The zero-order valence-corrected chi connectivity index (χ0v) is 18.2. The molecule has 0 aliphatic heterocycles. The fraction of sp³-hybridized carbons (Fsp3) is 0.227. The van der Waals surface area contributed by atoms with Crippen LogP contribution in [0.25, 0.3) is 11.3 Å². The Morgan fingerprint density at radius 2 is 1.90 bits per heavy atom. The molecule has 1 heterocycles. The van der Waals surface area contributed by atoms with Gasteiger partial charge in [-0.2, -0.15) is 0 Å². The van der Waals surface area contributed by atoms with E-state index in [2.05, 4.69) is 31.2 Å². The van der Waals surface area contributed by atoms with E-state index in [1.54, 1.807) is 18.2 Å². The number of benzene rings is 2. The Morgan fingerprint density at radius 1 is 1.16 bits per heavy atom. The molecule has 0 bridgehead atoms. The van der Waals surface area contributed by atoms with Crippen molar-refractivity contribution in [1.29, 1.82) is 0 Å². The fourth-order valence-corrected chi connectivity index (χ4v) is 3.33. The minimum absolute atomic E-state index is 0.00745. The van der Waals surface area contributed by atoms with E-state index in [4.69, 9.17) is 4.74 Å². The summed E-state index contributed by atoms with van der Waals surface area (Å²) in [6.07, 6.45) is 2.23. The molecule has 0 saturated heterocycles. The van der Waals surface area contributed by atoms with Crippen LogP contribution in [-0.4, -0.2) is 34.2 Å². The van der Waals surface area contributed by atoms with Gasteiger partial charge in [0.25, 0.3) is 0 Å². The van der Waals surface area contributed by atoms with Gasteiger partial charge in [-0.3, -0.25) is 0 Å². The topological polar surface area (TPSA) is 84.3 Å². The van der Waals surface area contributed by atoms with Gasteiger partial charge in [0.1, 0.15) is 35.1 Å². The Labute approximate surface area is 186 Å². The lowest BCUT2D eigenvalue weighted by atomic mass is 10.1. The fourth-order valence-electron chi connectivity index (χ4n) is 2.93. The Morgan fingerprint density at radius 3 is 2.58 bits per heavy atom. The van der Waals surface area contributed by atoms with Crippen molar-refractivity contribution in [2.45, 2.75) is 19.8 Å². The predicted molar refractivity (Wildman–Crippen MR) is 116 cm³/mol. The Hall–Kier alpha value is -3.07. The molecular weight excluding hydrogens is 472 g/mol. The van der Waals surface area contributed by atoms with Crippen molar-refractivity contribution in [3.8, 4) is 17.0 Å². The number of ether oxygens (including phenoxy) is 1. The minimum Gasteiger partial charge on any atom is -0.493 e. The van der Waals surface area contributed by atoms with Crippen molar-refractivity contribution >= 4 is 27.7 Å². The number of carbonyl (C=O) groups is 1. The number of nitrogens with zero attached hydrogens (tertiary/aromatic N) is 2. The lowest BCUT2D eigenvalue weighted by molar-refractivity contribution is 0.0692. The van der Waals surface area contributed by atoms with Crippen molar-refractivity contribution in [1.82, 2.24) is 9.97 Å². The van der Waals surface area contributed by atoms with Crippen molar-refractivity contribution < 1.29 is 23.4 Å². The quantitative estimate of drug-likeness (QED) is 0.421. The van der Waals surface area contributed by atoms with Gasteiger partial charge in [-0.05, 0) is 37.1 Å². The van der Waals surface area contributed by atoms with Crippen LogP contribution in [0.1, 0.15) is 29.3 Å². The van der Waals surface area contributed by atoms with E-state index in [-0.39, 0.29) is 29.8 Å². The number of aromatic nitrogens is 2. The number of halogens is 3. The second kappa shape index (κ2) is 10.3. The van der Waals surface area contributed by atoms with E-state index in [0.717, 1.165) is 6.42 Å². The lowest BCUT2D eigenvalue weighted by Crippen LogP contribution is -2.09. The van der Waals surface area contributed by atoms with Crippen molar-refractivity contribution in [2.24, 2.45) is 0 Å². The van der Waals surface area contributed by atoms with Crippen LogP contribution in [0, 0.1) is 11.6 Å².